The molecule has 1 amide bonds. The third kappa shape index (κ3) is 3.53. The number of carbonyl (C=O) groups excluding carboxylic acids is 1. The minimum atomic E-state index is -1.22. The summed E-state index contributed by atoms with van der Waals surface area (Å²) in [5.74, 6) is -2.62. The average Bonchev–Trinajstić information content (AvgIpc) is 2.49. The molecular formula is C17H19BrN2O5. The van der Waals surface area contributed by atoms with Crippen molar-refractivity contribution in [2.24, 2.45) is 12.5 Å². The molecule has 0 aliphatic carbocycles. The van der Waals surface area contributed by atoms with Crippen molar-refractivity contribution in [2.75, 3.05) is 0 Å². The highest BCUT2D eigenvalue weighted by Crippen LogP contribution is 2.29. The fraction of sp³-hybridized carbons (Fsp3) is 0.353. The third-order valence-corrected chi connectivity index (χ3v) is 4.44. The zero-order valence-electron chi connectivity index (χ0n) is 14.3. The molecule has 0 spiro atoms. The molecule has 0 saturated heterocycles. The maximum Gasteiger partial charge on any atom is 0.326 e. The molecule has 0 saturated carbocycles. The van der Waals surface area contributed by atoms with Crippen molar-refractivity contribution in [3.63, 3.8) is 0 Å². The Morgan fingerprint density at radius 2 is 1.88 bits per heavy atom. The van der Waals surface area contributed by atoms with Gasteiger partial charge in [-0.25, -0.2) is 4.79 Å². The smallest absolute Gasteiger partial charge is 0.326 e. The number of hydrogen-bond donors (Lipinski definition) is 3. The molecule has 3 N–H and O–H groups in total. The van der Waals surface area contributed by atoms with Gasteiger partial charge in [-0.05, 0) is 23.6 Å². The van der Waals surface area contributed by atoms with E-state index in [0.29, 0.717) is 15.4 Å². The van der Waals surface area contributed by atoms with Crippen molar-refractivity contribution in [2.45, 2.75) is 26.8 Å². The first-order valence-corrected chi connectivity index (χ1v) is 8.29. The van der Waals surface area contributed by atoms with E-state index < -0.39 is 40.2 Å². The summed E-state index contributed by atoms with van der Waals surface area (Å²) in [6.45, 7) is 4.96. The Balaban J connectivity index is 2.61. The average molecular weight is 411 g/mol. The van der Waals surface area contributed by atoms with Crippen LogP contribution in [-0.4, -0.2) is 32.7 Å². The van der Waals surface area contributed by atoms with E-state index in [0.717, 1.165) is 0 Å². The summed E-state index contributed by atoms with van der Waals surface area (Å²) in [6.07, 6.45) is 0. The molecule has 134 valence electrons. The normalized spacial score (nSPS) is 12.8. The summed E-state index contributed by atoms with van der Waals surface area (Å²) in [5.41, 5.74) is -1.52. The lowest BCUT2D eigenvalue weighted by Crippen LogP contribution is -2.50. The fourth-order valence-corrected chi connectivity index (χ4v) is 2.90. The van der Waals surface area contributed by atoms with Crippen LogP contribution in [0.15, 0.2) is 27.5 Å². The lowest BCUT2D eigenvalue weighted by Gasteiger charge is -2.27. The highest BCUT2D eigenvalue weighted by atomic mass is 79.9. The van der Waals surface area contributed by atoms with Crippen LogP contribution in [0.4, 0.5) is 0 Å². The number of aromatic nitrogens is 1. The van der Waals surface area contributed by atoms with Gasteiger partial charge in [-0.1, -0.05) is 36.7 Å². The van der Waals surface area contributed by atoms with Gasteiger partial charge >= 0.3 is 5.97 Å². The van der Waals surface area contributed by atoms with Gasteiger partial charge in [-0.2, -0.15) is 0 Å². The summed E-state index contributed by atoms with van der Waals surface area (Å²) < 4.78 is 1.95. The highest BCUT2D eigenvalue weighted by molar-refractivity contribution is 9.10. The largest absolute Gasteiger partial charge is 0.506 e. The molecule has 1 heterocycles. The Morgan fingerprint density at radius 1 is 1.28 bits per heavy atom. The van der Waals surface area contributed by atoms with Crippen LogP contribution < -0.4 is 10.9 Å². The van der Waals surface area contributed by atoms with Gasteiger partial charge in [0.15, 0.2) is 0 Å². The van der Waals surface area contributed by atoms with Crippen molar-refractivity contribution >= 4 is 38.7 Å². The first-order valence-electron chi connectivity index (χ1n) is 7.50. The summed E-state index contributed by atoms with van der Waals surface area (Å²) in [6, 6.07) is 3.67. The minimum absolute atomic E-state index is 0.318. The van der Waals surface area contributed by atoms with Gasteiger partial charge in [0, 0.05) is 16.9 Å². The molecule has 1 unspecified atom stereocenters. The highest BCUT2D eigenvalue weighted by Gasteiger charge is 2.34. The molecule has 0 fully saturated rings. The number of halogens is 1. The first-order chi connectivity index (χ1) is 11.4. The van der Waals surface area contributed by atoms with Gasteiger partial charge in [0.05, 0.1) is 5.52 Å². The second-order valence-corrected chi connectivity index (χ2v) is 7.78. The van der Waals surface area contributed by atoms with Crippen LogP contribution >= 0.6 is 15.9 Å². The van der Waals surface area contributed by atoms with Crippen LogP contribution in [0, 0.1) is 5.41 Å². The molecule has 0 aliphatic rings. The molecule has 7 nitrogen and oxygen atoms in total. The SMILES string of the molecule is Cn1c(=O)c(C(=O)NC(C(=O)O)C(C)(C)C)c(O)c2ccc(Br)cc21. The summed E-state index contributed by atoms with van der Waals surface area (Å²) >= 11 is 3.29. The number of fused-ring (bicyclic) bond motifs is 1. The monoisotopic (exact) mass is 410 g/mol. The van der Waals surface area contributed by atoms with E-state index in [-0.39, 0.29) is 0 Å². The molecule has 0 radical (unpaired) electrons. The number of carbonyl (C=O) groups is 2. The number of amides is 1. The number of aromatic hydroxyl groups is 1. The summed E-state index contributed by atoms with van der Waals surface area (Å²) in [4.78, 5) is 36.5. The Hall–Kier alpha value is -2.35. The molecule has 2 aromatic rings. The van der Waals surface area contributed by atoms with Gasteiger partial charge in [0.2, 0.25) is 0 Å². The van der Waals surface area contributed by atoms with Crippen molar-refractivity contribution in [1.82, 2.24) is 9.88 Å². The van der Waals surface area contributed by atoms with Crippen LogP contribution in [0.1, 0.15) is 31.1 Å². The van der Waals surface area contributed by atoms with Crippen molar-refractivity contribution in [3.05, 3.63) is 38.6 Å². The quantitative estimate of drug-likeness (QED) is 0.718. The Bertz CT molecular complexity index is 927. The maximum absolute atomic E-state index is 12.6. The molecule has 1 atom stereocenters. The van der Waals surface area contributed by atoms with E-state index in [2.05, 4.69) is 21.2 Å². The van der Waals surface area contributed by atoms with Crippen LogP contribution in [-0.2, 0) is 11.8 Å². The van der Waals surface area contributed by atoms with Gasteiger partial charge in [-0.15, -0.1) is 0 Å². The summed E-state index contributed by atoms with van der Waals surface area (Å²) in [5, 5.41) is 22.4. The fourth-order valence-electron chi connectivity index (χ4n) is 2.55. The van der Waals surface area contributed by atoms with E-state index in [1.807, 2.05) is 0 Å². The van der Waals surface area contributed by atoms with Crippen molar-refractivity contribution in [1.29, 1.82) is 0 Å². The zero-order chi connectivity index (χ0) is 19.1. The Kier molecular flexibility index (Phi) is 4.94. The topological polar surface area (TPSA) is 109 Å². The number of carboxylic acid groups (broad SMARTS) is 1. The van der Waals surface area contributed by atoms with Crippen LogP contribution in [0.5, 0.6) is 5.75 Å². The number of carboxylic acids is 1. The van der Waals surface area contributed by atoms with Crippen molar-refractivity contribution < 1.29 is 19.8 Å². The molecule has 0 bridgehead atoms. The molecule has 2 rings (SSSR count). The molecule has 0 aliphatic heterocycles. The number of aryl methyl sites for hydroxylation is 1. The first kappa shape index (κ1) is 19.0. The molecule has 1 aromatic heterocycles. The lowest BCUT2D eigenvalue weighted by atomic mass is 9.86. The number of nitrogens with zero attached hydrogens (tertiary/aromatic N) is 1. The third-order valence-electron chi connectivity index (χ3n) is 3.95. The number of pyridine rings is 1. The van der Waals surface area contributed by atoms with E-state index in [1.165, 1.54) is 11.6 Å². The van der Waals surface area contributed by atoms with Crippen LogP contribution in [0.25, 0.3) is 10.9 Å². The van der Waals surface area contributed by atoms with E-state index in [4.69, 9.17) is 0 Å². The number of benzene rings is 1. The Labute approximate surface area is 152 Å². The van der Waals surface area contributed by atoms with E-state index in [1.54, 1.807) is 39.0 Å². The second kappa shape index (κ2) is 6.51. The predicted octanol–water partition coefficient (Wildman–Crippen LogP) is 2.24. The standard InChI is InChI=1S/C17H19BrN2O5/c1-17(2,3)13(16(24)25)19-14(22)11-12(21)9-6-5-8(18)7-10(9)20(4)15(11)23/h5-7,13,21H,1-4H3,(H,19,22)(H,24,25). The predicted molar refractivity (Wildman–Crippen MR) is 96.9 cm³/mol. The lowest BCUT2D eigenvalue weighted by molar-refractivity contribution is -0.142. The molecule has 8 heteroatoms. The number of hydrogen-bond acceptors (Lipinski definition) is 4. The molecule has 1 aromatic carbocycles. The minimum Gasteiger partial charge on any atom is -0.506 e. The van der Waals surface area contributed by atoms with E-state index in [9.17, 15) is 24.6 Å². The molecule has 25 heavy (non-hydrogen) atoms. The van der Waals surface area contributed by atoms with Gasteiger partial charge in [-0.3, -0.25) is 9.59 Å². The second-order valence-electron chi connectivity index (χ2n) is 6.86. The summed E-state index contributed by atoms with van der Waals surface area (Å²) in [7, 11) is 1.48. The van der Waals surface area contributed by atoms with Gasteiger partial charge in [0.1, 0.15) is 17.4 Å². The molecular weight excluding hydrogens is 392 g/mol. The van der Waals surface area contributed by atoms with Gasteiger partial charge in [0.25, 0.3) is 11.5 Å². The van der Waals surface area contributed by atoms with Crippen molar-refractivity contribution in [3.8, 4) is 5.75 Å². The Morgan fingerprint density at radius 3 is 2.40 bits per heavy atom. The van der Waals surface area contributed by atoms with Crippen LogP contribution in [0.2, 0.25) is 0 Å². The zero-order valence-corrected chi connectivity index (χ0v) is 15.8. The number of rotatable bonds is 3. The van der Waals surface area contributed by atoms with Gasteiger partial charge < -0.3 is 20.1 Å². The maximum atomic E-state index is 12.6. The van der Waals surface area contributed by atoms with E-state index >= 15 is 0 Å². The number of aliphatic carboxylic acids is 1. The number of nitrogens with one attached hydrogen (secondary N) is 1. The van der Waals surface area contributed by atoms with Crippen LogP contribution in [0.3, 0.4) is 0 Å².